The minimum absolute atomic E-state index is 0.124. The second-order valence-electron chi connectivity index (χ2n) is 6.39. The van der Waals surface area contributed by atoms with Gasteiger partial charge in [-0.1, -0.05) is 51.4 Å². The molecule has 0 amide bonds. The number of hydrogen-bond donors (Lipinski definition) is 1. The fourth-order valence-corrected chi connectivity index (χ4v) is 2.87. The smallest absolute Gasteiger partial charge is 0.215 e. The van der Waals surface area contributed by atoms with E-state index in [-0.39, 0.29) is 5.41 Å². The molecule has 22 heavy (non-hydrogen) atoms. The molecule has 0 aliphatic carbocycles. The van der Waals surface area contributed by atoms with Crippen molar-refractivity contribution in [1.29, 1.82) is 0 Å². The number of aromatic amines is 1. The van der Waals surface area contributed by atoms with Crippen LogP contribution in [0.2, 0.25) is 5.02 Å². The highest BCUT2D eigenvalue weighted by atomic mass is 35.5. The van der Waals surface area contributed by atoms with Gasteiger partial charge in [0, 0.05) is 5.41 Å². The third-order valence-electron chi connectivity index (χ3n) is 4.11. The maximum Gasteiger partial charge on any atom is 0.215 e. The number of aromatic nitrogens is 3. The van der Waals surface area contributed by atoms with Crippen LogP contribution >= 0.6 is 23.8 Å². The van der Waals surface area contributed by atoms with Gasteiger partial charge in [0.1, 0.15) is 17.7 Å². The van der Waals surface area contributed by atoms with Gasteiger partial charge < -0.3 is 4.74 Å². The minimum Gasteiger partial charge on any atom is -0.483 e. The van der Waals surface area contributed by atoms with E-state index in [1.54, 1.807) is 6.33 Å². The van der Waals surface area contributed by atoms with Gasteiger partial charge in [0.2, 0.25) is 4.77 Å². The summed E-state index contributed by atoms with van der Waals surface area (Å²) in [6, 6.07) is 7.55. The fraction of sp³-hybridized carbons (Fsp3) is 0.500. The highest BCUT2D eigenvalue weighted by molar-refractivity contribution is 7.71. The van der Waals surface area contributed by atoms with E-state index in [4.69, 9.17) is 28.6 Å². The molecule has 0 aliphatic rings. The number of nitrogens with one attached hydrogen (secondary N) is 1. The summed E-state index contributed by atoms with van der Waals surface area (Å²) in [6.45, 7) is 9.17. The topological polar surface area (TPSA) is 42.8 Å². The second-order valence-corrected chi connectivity index (χ2v) is 7.16. The first-order valence-electron chi connectivity index (χ1n) is 7.33. The van der Waals surface area contributed by atoms with Crippen LogP contribution < -0.4 is 4.74 Å². The van der Waals surface area contributed by atoms with Crippen molar-refractivity contribution in [3.05, 3.63) is 40.4 Å². The average Bonchev–Trinajstić information content (AvgIpc) is 2.84. The van der Waals surface area contributed by atoms with Crippen molar-refractivity contribution in [1.82, 2.24) is 14.8 Å². The molecule has 1 N–H and O–H groups in total. The summed E-state index contributed by atoms with van der Waals surface area (Å²) in [5.41, 5.74) is -0.594. The standard InChI is InChI=1S/C16H22ClN3OS/c1-5-16(15(2,3)4,10-20-14(22)18-11-19-20)21-13-9-7-6-8-12(13)17/h6-9,11H,5,10H2,1-4H3,(H,18,19,22). The summed E-state index contributed by atoms with van der Waals surface area (Å²) >= 11 is 11.5. The molecule has 120 valence electrons. The third-order valence-corrected chi connectivity index (χ3v) is 4.75. The second kappa shape index (κ2) is 6.42. The molecule has 0 saturated heterocycles. The van der Waals surface area contributed by atoms with Gasteiger partial charge in [-0.3, -0.25) is 9.78 Å². The van der Waals surface area contributed by atoms with E-state index in [2.05, 4.69) is 37.8 Å². The lowest BCUT2D eigenvalue weighted by atomic mass is 9.74. The van der Waals surface area contributed by atoms with Crippen molar-refractivity contribution < 1.29 is 4.74 Å². The van der Waals surface area contributed by atoms with Crippen LogP contribution in [0.15, 0.2) is 30.6 Å². The third kappa shape index (κ3) is 3.36. The molecule has 6 heteroatoms. The normalized spacial score (nSPS) is 14.6. The zero-order valence-corrected chi connectivity index (χ0v) is 15.0. The Balaban J connectivity index is 2.44. The Labute approximate surface area is 141 Å². The quantitative estimate of drug-likeness (QED) is 0.790. The van der Waals surface area contributed by atoms with Gasteiger partial charge >= 0.3 is 0 Å². The number of H-pyrrole nitrogens is 1. The zero-order valence-electron chi connectivity index (χ0n) is 13.4. The molecule has 0 spiro atoms. The van der Waals surface area contributed by atoms with Gasteiger partial charge in [-0.15, -0.1) is 0 Å². The average molecular weight is 340 g/mol. The predicted molar refractivity (Wildman–Crippen MR) is 92.0 cm³/mol. The number of hydrogen-bond acceptors (Lipinski definition) is 3. The first-order valence-corrected chi connectivity index (χ1v) is 8.11. The summed E-state index contributed by atoms with van der Waals surface area (Å²) in [6.07, 6.45) is 2.41. The maximum absolute atomic E-state index is 6.43. The zero-order chi connectivity index (χ0) is 16.4. The summed E-state index contributed by atoms with van der Waals surface area (Å²) in [5, 5.41) is 3.66. The Morgan fingerprint density at radius 1 is 1.32 bits per heavy atom. The van der Waals surface area contributed by atoms with Crippen LogP contribution in [0.4, 0.5) is 0 Å². The number of rotatable bonds is 5. The van der Waals surface area contributed by atoms with E-state index in [1.807, 2.05) is 28.9 Å². The lowest BCUT2D eigenvalue weighted by molar-refractivity contribution is -0.0531. The molecule has 1 atom stereocenters. The summed E-state index contributed by atoms with van der Waals surface area (Å²) in [7, 11) is 0. The summed E-state index contributed by atoms with van der Waals surface area (Å²) in [5.74, 6) is 0.687. The number of ether oxygens (including phenoxy) is 1. The molecule has 0 radical (unpaired) electrons. The number of para-hydroxylation sites is 1. The van der Waals surface area contributed by atoms with Gasteiger partial charge in [-0.05, 0) is 30.8 Å². The van der Waals surface area contributed by atoms with Gasteiger partial charge in [-0.25, -0.2) is 4.98 Å². The molecule has 0 aliphatic heterocycles. The predicted octanol–water partition coefficient (Wildman–Crippen LogP) is 4.87. The molecule has 1 aromatic carbocycles. The van der Waals surface area contributed by atoms with Gasteiger partial charge in [0.15, 0.2) is 0 Å². The lowest BCUT2D eigenvalue weighted by Crippen LogP contribution is -2.51. The largest absolute Gasteiger partial charge is 0.483 e. The lowest BCUT2D eigenvalue weighted by Gasteiger charge is -2.44. The van der Waals surface area contributed by atoms with E-state index in [1.165, 1.54) is 0 Å². The van der Waals surface area contributed by atoms with Crippen molar-refractivity contribution in [2.24, 2.45) is 5.41 Å². The molecule has 0 saturated carbocycles. The first kappa shape index (κ1) is 17.0. The summed E-state index contributed by atoms with van der Waals surface area (Å²) < 4.78 is 8.78. The Bertz CT molecular complexity index is 689. The molecular formula is C16H22ClN3OS. The molecular weight excluding hydrogens is 318 g/mol. The molecule has 1 heterocycles. The van der Waals surface area contributed by atoms with Crippen LogP contribution in [-0.4, -0.2) is 20.4 Å². The van der Waals surface area contributed by atoms with Crippen LogP contribution in [0.3, 0.4) is 0 Å². The Morgan fingerprint density at radius 2 is 2.00 bits per heavy atom. The molecule has 0 bridgehead atoms. The SMILES string of the molecule is CCC(Cn1[nH]cnc1=S)(Oc1ccccc1Cl)C(C)(C)C. The molecule has 2 rings (SSSR count). The van der Waals surface area contributed by atoms with Crippen molar-refractivity contribution in [3.8, 4) is 5.75 Å². The monoisotopic (exact) mass is 339 g/mol. The van der Waals surface area contributed by atoms with Gasteiger partial charge in [-0.2, -0.15) is 0 Å². The molecule has 1 unspecified atom stereocenters. The van der Waals surface area contributed by atoms with Crippen molar-refractivity contribution in [3.63, 3.8) is 0 Å². The van der Waals surface area contributed by atoms with Crippen molar-refractivity contribution >= 4 is 23.8 Å². The maximum atomic E-state index is 6.43. The fourth-order valence-electron chi connectivity index (χ4n) is 2.52. The Kier molecular flexibility index (Phi) is 4.97. The van der Waals surface area contributed by atoms with E-state index < -0.39 is 5.60 Å². The molecule has 1 aromatic heterocycles. The Hall–Kier alpha value is -1.33. The minimum atomic E-state index is -0.469. The van der Waals surface area contributed by atoms with Crippen LogP contribution in [-0.2, 0) is 6.54 Å². The van der Waals surface area contributed by atoms with Crippen LogP contribution in [0.5, 0.6) is 5.75 Å². The van der Waals surface area contributed by atoms with Gasteiger partial charge in [0.25, 0.3) is 0 Å². The van der Waals surface area contributed by atoms with E-state index in [0.29, 0.717) is 22.1 Å². The van der Waals surface area contributed by atoms with Crippen LogP contribution in [0, 0.1) is 10.2 Å². The van der Waals surface area contributed by atoms with E-state index in [9.17, 15) is 0 Å². The van der Waals surface area contributed by atoms with E-state index in [0.717, 1.165) is 6.42 Å². The number of benzene rings is 1. The molecule has 2 aromatic rings. The van der Waals surface area contributed by atoms with Crippen molar-refractivity contribution in [2.45, 2.75) is 46.3 Å². The first-order chi connectivity index (χ1) is 10.3. The number of halogens is 1. The van der Waals surface area contributed by atoms with E-state index >= 15 is 0 Å². The van der Waals surface area contributed by atoms with Crippen molar-refractivity contribution in [2.75, 3.05) is 0 Å². The number of nitrogens with zero attached hydrogens (tertiary/aromatic N) is 2. The van der Waals surface area contributed by atoms with Crippen LogP contribution in [0.25, 0.3) is 0 Å². The molecule has 0 fully saturated rings. The molecule has 4 nitrogen and oxygen atoms in total. The van der Waals surface area contributed by atoms with Crippen LogP contribution in [0.1, 0.15) is 34.1 Å². The highest BCUT2D eigenvalue weighted by Crippen LogP contribution is 2.40. The highest BCUT2D eigenvalue weighted by Gasteiger charge is 2.44. The van der Waals surface area contributed by atoms with Gasteiger partial charge in [0.05, 0.1) is 11.6 Å². The summed E-state index contributed by atoms with van der Waals surface area (Å²) in [4.78, 5) is 4.08. The Morgan fingerprint density at radius 3 is 2.50 bits per heavy atom.